The van der Waals surface area contributed by atoms with Crippen LogP contribution in [0.1, 0.15) is 24.1 Å². The monoisotopic (exact) mass is 319 g/mol. The summed E-state index contributed by atoms with van der Waals surface area (Å²) in [7, 11) is 0. The number of hydrogen-bond donors (Lipinski definition) is 1. The molecule has 3 heteroatoms. The number of benzene rings is 3. The average Bonchev–Trinajstić information content (AvgIpc) is 2.62. The van der Waals surface area contributed by atoms with E-state index in [2.05, 4.69) is 29.6 Å². The highest BCUT2D eigenvalue weighted by atomic mass is 16.5. The first-order chi connectivity index (χ1) is 11.7. The minimum absolute atomic E-state index is 0.0595. The SMILES string of the molecule is CC(NC(=O)COCc1ccccc1)c1cccc2ccccc12. The smallest absolute Gasteiger partial charge is 0.246 e. The van der Waals surface area contributed by atoms with Crippen LogP contribution in [0.3, 0.4) is 0 Å². The summed E-state index contributed by atoms with van der Waals surface area (Å²) in [6.07, 6.45) is 0. The van der Waals surface area contributed by atoms with Crippen molar-refractivity contribution in [3.05, 3.63) is 83.9 Å². The van der Waals surface area contributed by atoms with Crippen LogP contribution in [0.4, 0.5) is 0 Å². The van der Waals surface area contributed by atoms with Crippen LogP contribution in [0.15, 0.2) is 72.8 Å². The van der Waals surface area contributed by atoms with Crippen LogP contribution in [0.25, 0.3) is 10.8 Å². The van der Waals surface area contributed by atoms with Gasteiger partial charge in [0.15, 0.2) is 0 Å². The lowest BCUT2D eigenvalue weighted by Crippen LogP contribution is -2.30. The van der Waals surface area contributed by atoms with E-state index in [-0.39, 0.29) is 18.6 Å². The largest absolute Gasteiger partial charge is 0.367 e. The van der Waals surface area contributed by atoms with Gasteiger partial charge in [0.05, 0.1) is 12.6 Å². The Morgan fingerprint density at radius 2 is 1.67 bits per heavy atom. The molecule has 3 rings (SSSR count). The molecule has 0 spiro atoms. The van der Waals surface area contributed by atoms with Gasteiger partial charge in [-0.05, 0) is 28.8 Å². The highest BCUT2D eigenvalue weighted by Gasteiger charge is 2.12. The number of carbonyl (C=O) groups excluding carboxylic acids is 1. The zero-order valence-corrected chi connectivity index (χ0v) is 13.7. The highest BCUT2D eigenvalue weighted by molar-refractivity contribution is 5.87. The van der Waals surface area contributed by atoms with Crippen LogP contribution >= 0.6 is 0 Å². The molecule has 0 aromatic heterocycles. The molecule has 122 valence electrons. The topological polar surface area (TPSA) is 38.3 Å². The number of amides is 1. The van der Waals surface area contributed by atoms with E-state index in [1.54, 1.807) is 0 Å². The Morgan fingerprint density at radius 1 is 0.958 bits per heavy atom. The van der Waals surface area contributed by atoms with Gasteiger partial charge in [-0.25, -0.2) is 0 Å². The van der Waals surface area contributed by atoms with Crippen molar-refractivity contribution in [2.75, 3.05) is 6.61 Å². The molecule has 3 aromatic rings. The van der Waals surface area contributed by atoms with E-state index in [1.807, 2.05) is 55.5 Å². The minimum atomic E-state index is -0.105. The molecule has 0 radical (unpaired) electrons. The third-order valence-corrected chi connectivity index (χ3v) is 4.01. The summed E-state index contributed by atoms with van der Waals surface area (Å²) in [4.78, 5) is 12.1. The van der Waals surface area contributed by atoms with Gasteiger partial charge in [-0.2, -0.15) is 0 Å². The summed E-state index contributed by atoms with van der Waals surface area (Å²) in [6.45, 7) is 2.50. The molecule has 3 nitrogen and oxygen atoms in total. The van der Waals surface area contributed by atoms with Gasteiger partial charge >= 0.3 is 0 Å². The molecule has 0 saturated carbocycles. The Hall–Kier alpha value is -2.65. The number of fused-ring (bicyclic) bond motifs is 1. The molecule has 1 amide bonds. The van der Waals surface area contributed by atoms with Crippen LogP contribution in [-0.4, -0.2) is 12.5 Å². The molecule has 1 atom stereocenters. The van der Waals surface area contributed by atoms with Gasteiger partial charge in [0.2, 0.25) is 5.91 Å². The van der Waals surface area contributed by atoms with Crippen molar-refractivity contribution in [3.63, 3.8) is 0 Å². The zero-order chi connectivity index (χ0) is 16.8. The van der Waals surface area contributed by atoms with Crippen molar-refractivity contribution in [2.45, 2.75) is 19.6 Å². The molecule has 0 saturated heterocycles. The predicted octanol–water partition coefficient (Wildman–Crippen LogP) is 4.23. The number of hydrogen-bond acceptors (Lipinski definition) is 2. The van der Waals surface area contributed by atoms with Gasteiger partial charge in [0.1, 0.15) is 6.61 Å². The van der Waals surface area contributed by atoms with Gasteiger partial charge in [-0.15, -0.1) is 0 Å². The second kappa shape index (κ2) is 7.75. The van der Waals surface area contributed by atoms with Crippen LogP contribution in [0, 0.1) is 0 Å². The van der Waals surface area contributed by atoms with Gasteiger partial charge < -0.3 is 10.1 Å². The van der Waals surface area contributed by atoms with E-state index >= 15 is 0 Å². The maximum atomic E-state index is 12.1. The summed E-state index contributed by atoms with van der Waals surface area (Å²) >= 11 is 0. The van der Waals surface area contributed by atoms with Crippen molar-refractivity contribution in [2.24, 2.45) is 0 Å². The van der Waals surface area contributed by atoms with Crippen LogP contribution in [0.2, 0.25) is 0 Å². The molecule has 0 aliphatic heterocycles. The first-order valence-electron chi connectivity index (χ1n) is 8.13. The van der Waals surface area contributed by atoms with E-state index < -0.39 is 0 Å². The molecule has 0 bridgehead atoms. The molecule has 0 aliphatic rings. The van der Waals surface area contributed by atoms with Gasteiger partial charge in [-0.3, -0.25) is 4.79 Å². The molecule has 1 unspecified atom stereocenters. The third kappa shape index (κ3) is 4.00. The predicted molar refractivity (Wildman–Crippen MR) is 96.6 cm³/mol. The van der Waals surface area contributed by atoms with E-state index in [0.717, 1.165) is 16.5 Å². The van der Waals surface area contributed by atoms with Crippen molar-refractivity contribution in [1.29, 1.82) is 0 Å². The van der Waals surface area contributed by atoms with Crippen molar-refractivity contribution >= 4 is 16.7 Å². The Labute approximate surface area is 142 Å². The summed E-state index contributed by atoms with van der Waals surface area (Å²) in [6, 6.07) is 24.1. The summed E-state index contributed by atoms with van der Waals surface area (Å²) in [5.74, 6) is -0.105. The molecule has 24 heavy (non-hydrogen) atoms. The lowest BCUT2D eigenvalue weighted by atomic mass is 10.00. The maximum Gasteiger partial charge on any atom is 0.246 e. The van der Waals surface area contributed by atoms with Crippen molar-refractivity contribution in [3.8, 4) is 0 Å². The van der Waals surface area contributed by atoms with E-state index in [1.165, 1.54) is 5.39 Å². The van der Waals surface area contributed by atoms with E-state index in [9.17, 15) is 4.79 Å². The van der Waals surface area contributed by atoms with Gasteiger partial charge in [0, 0.05) is 0 Å². The Balaban J connectivity index is 1.57. The number of nitrogens with one attached hydrogen (secondary N) is 1. The Kier molecular flexibility index (Phi) is 5.24. The van der Waals surface area contributed by atoms with Crippen LogP contribution in [0.5, 0.6) is 0 Å². The number of carbonyl (C=O) groups is 1. The zero-order valence-electron chi connectivity index (χ0n) is 13.7. The lowest BCUT2D eigenvalue weighted by Gasteiger charge is -2.16. The van der Waals surface area contributed by atoms with Gasteiger partial charge in [-0.1, -0.05) is 72.8 Å². The van der Waals surface area contributed by atoms with Crippen LogP contribution in [-0.2, 0) is 16.1 Å². The molecule has 0 aliphatic carbocycles. The van der Waals surface area contributed by atoms with Gasteiger partial charge in [0.25, 0.3) is 0 Å². The quantitative estimate of drug-likeness (QED) is 0.738. The van der Waals surface area contributed by atoms with E-state index in [0.29, 0.717) is 6.61 Å². The minimum Gasteiger partial charge on any atom is -0.367 e. The fraction of sp³-hybridized carbons (Fsp3) is 0.190. The molecule has 0 heterocycles. The van der Waals surface area contributed by atoms with E-state index in [4.69, 9.17) is 4.74 Å². The second-order valence-electron chi connectivity index (χ2n) is 5.84. The molecule has 0 fully saturated rings. The second-order valence-corrected chi connectivity index (χ2v) is 5.84. The number of rotatable bonds is 6. The number of ether oxygens (including phenoxy) is 1. The first-order valence-corrected chi connectivity index (χ1v) is 8.13. The summed E-state index contributed by atoms with van der Waals surface area (Å²) in [5, 5.41) is 5.35. The van der Waals surface area contributed by atoms with Crippen molar-refractivity contribution in [1.82, 2.24) is 5.32 Å². The molecule has 1 N–H and O–H groups in total. The Morgan fingerprint density at radius 3 is 2.50 bits per heavy atom. The highest BCUT2D eigenvalue weighted by Crippen LogP contribution is 2.23. The normalized spacial score (nSPS) is 12.0. The molecule has 3 aromatic carbocycles. The maximum absolute atomic E-state index is 12.1. The third-order valence-electron chi connectivity index (χ3n) is 4.01. The van der Waals surface area contributed by atoms with Crippen molar-refractivity contribution < 1.29 is 9.53 Å². The summed E-state index contributed by atoms with van der Waals surface area (Å²) in [5.41, 5.74) is 2.18. The lowest BCUT2D eigenvalue weighted by molar-refractivity contribution is -0.126. The molecular weight excluding hydrogens is 298 g/mol. The standard InChI is InChI=1S/C21H21NO2/c1-16(19-13-7-11-18-10-5-6-12-20(18)19)22-21(23)15-24-14-17-8-3-2-4-9-17/h2-13,16H,14-15H2,1H3,(H,22,23). The average molecular weight is 319 g/mol. The molecular formula is C21H21NO2. The summed E-state index contributed by atoms with van der Waals surface area (Å²) < 4.78 is 5.49. The van der Waals surface area contributed by atoms with Crippen LogP contribution < -0.4 is 5.32 Å². The Bertz CT molecular complexity index is 809. The fourth-order valence-electron chi connectivity index (χ4n) is 2.82. The first kappa shape index (κ1) is 16.2. The fourth-order valence-corrected chi connectivity index (χ4v) is 2.82.